The van der Waals surface area contributed by atoms with Crippen LogP contribution < -0.4 is 15.8 Å². The van der Waals surface area contributed by atoms with Crippen LogP contribution in [-0.4, -0.2) is 60.4 Å². The number of carbonyl (C=O) groups excluding carboxylic acids is 3. The molecule has 0 saturated carbocycles. The molecule has 3 rings (SSSR count). The quantitative estimate of drug-likeness (QED) is 0.734. The van der Waals surface area contributed by atoms with Crippen molar-refractivity contribution in [2.75, 3.05) is 26.7 Å². The summed E-state index contributed by atoms with van der Waals surface area (Å²) >= 11 is 0. The molecule has 3 unspecified atom stereocenters. The highest BCUT2D eigenvalue weighted by Crippen LogP contribution is 2.30. The minimum Gasteiger partial charge on any atom is -0.497 e. The van der Waals surface area contributed by atoms with Crippen LogP contribution in [0.15, 0.2) is 24.3 Å². The molecule has 8 nitrogen and oxygen atoms in total. The van der Waals surface area contributed by atoms with Crippen LogP contribution in [0.4, 0.5) is 4.79 Å². The number of hydrogen-bond donors (Lipinski definition) is 2. The smallest absolute Gasteiger partial charge is 0.325 e. The molecule has 2 heterocycles. The Morgan fingerprint density at radius 2 is 2.04 bits per heavy atom. The maximum absolute atomic E-state index is 13.0. The third kappa shape index (κ3) is 3.69. The van der Waals surface area contributed by atoms with Crippen molar-refractivity contribution in [3.05, 3.63) is 29.8 Å². The van der Waals surface area contributed by atoms with Crippen LogP contribution in [-0.2, 0) is 15.1 Å². The molecule has 2 saturated heterocycles. The number of nitrogens with zero attached hydrogens (tertiary/aromatic N) is 2. The first-order chi connectivity index (χ1) is 13.3. The van der Waals surface area contributed by atoms with Crippen molar-refractivity contribution in [3.63, 3.8) is 0 Å². The van der Waals surface area contributed by atoms with Crippen molar-refractivity contribution in [3.8, 4) is 5.75 Å². The minimum atomic E-state index is -1.21. The molecule has 1 aromatic rings. The SMILES string of the molecule is COc1ccc(C2(C)NC(=O)N(CC(=O)N3CCCC(C(C)N)C3)C2=O)cc1. The lowest BCUT2D eigenvalue weighted by atomic mass is 9.91. The van der Waals surface area contributed by atoms with Crippen molar-refractivity contribution in [2.45, 2.75) is 38.3 Å². The summed E-state index contributed by atoms with van der Waals surface area (Å²) in [7, 11) is 1.56. The molecule has 0 bridgehead atoms. The fourth-order valence-corrected chi connectivity index (χ4v) is 3.86. The van der Waals surface area contributed by atoms with E-state index in [4.69, 9.17) is 10.5 Å². The van der Waals surface area contributed by atoms with E-state index in [2.05, 4.69) is 5.32 Å². The summed E-state index contributed by atoms with van der Waals surface area (Å²) < 4.78 is 5.14. The zero-order chi connectivity index (χ0) is 20.5. The van der Waals surface area contributed by atoms with E-state index in [1.54, 1.807) is 43.2 Å². The van der Waals surface area contributed by atoms with Crippen LogP contribution >= 0.6 is 0 Å². The number of imide groups is 1. The van der Waals surface area contributed by atoms with Gasteiger partial charge in [0.25, 0.3) is 5.91 Å². The van der Waals surface area contributed by atoms with E-state index >= 15 is 0 Å². The Balaban J connectivity index is 1.71. The maximum atomic E-state index is 13.0. The number of hydrogen-bond acceptors (Lipinski definition) is 5. The van der Waals surface area contributed by atoms with E-state index in [1.807, 2.05) is 6.92 Å². The maximum Gasteiger partial charge on any atom is 0.325 e. The van der Waals surface area contributed by atoms with Crippen molar-refractivity contribution in [2.24, 2.45) is 11.7 Å². The lowest BCUT2D eigenvalue weighted by molar-refractivity contribution is -0.140. The lowest BCUT2D eigenvalue weighted by Crippen LogP contribution is -2.49. The molecule has 0 aliphatic carbocycles. The Kier molecular flexibility index (Phi) is 5.60. The zero-order valence-corrected chi connectivity index (χ0v) is 16.6. The highest BCUT2D eigenvalue weighted by atomic mass is 16.5. The van der Waals surface area contributed by atoms with Crippen LogP contribution in [0.5, 0.6) is 5.75 Å². The van der Waals surface area contributed by atoms with E-state index in [1.165, 1.54) is 0 Å². The summed E-state index contributed by atoms with van der Waals surface area (Å²) in [4.78, 5) is 40.9. The van der Waals surface area contributed by atoms with Gasteiger partial charge in [-0.25, -0.2) is 4.79 Å². The number of nitrogens with two attached hydrogens (primary N) is 1. The third-order valence-electron chi connectivity index (χ3n) is 5.79. The molecule has 8 heteroatoms. The van der Waals surface area contributed by atoms with Gasteiger partial charge in [0.2, 0.25) is 5.91 Å². The predicted molar refractivity (Wildman–Crippen MR) is 104 cm³/mol. The monoisotopic (exact) mass is 388 g/mol. The Labute approximate surface area is 165 Å². The second-order valence-electron chi connectivity index (χ2n) is 7.78. The van der Waals surface area contributed by atoms with Gasteiger partial charge in [-0.05, 0) is 50.3 Å². The van der Waals surface area contributed by atoms with Crippen molar-refractivity contribution in [1.29, 1.82) is 0 Å². The molecule has 1 aromatic carbocycles. The lowest BCUT2D eigenvalue weighted by Gasteiger charge is -2.35. The number of methoxy groups -OCH3 is 1. The average molecular weight is 388 g/mol. The number of amides is 4. The van der Waals surface area contributed by atoms with Crippen molar-refractivity contribution in [1.82, 2.24) is 15.1 Å². The number of rotatable bonds is 5. The number of piperidine rings is 1. The largest absolute Gasteiger partial charge is 0.497 e. The van der Waals surface area contributed by atoms with Gasteiger partial charge in [-0.1, -0.05) is 12.1 Å². The van der Waals surface area contributed by atoms with E-state index < -0.39 is 17.5 Å². The fraction of sp³-hybridized carbons (Fsp3) is 0.550. The number of carbonyl (C=O) groups is 3. The Morgan fingerprint density at radius 3 is 2.64 bits per heavy atom. The van der Waals surface area contributed by atoms with Gasteiger partial charge in [-0.2, -0.15) is 0 Å². The number of likely N-dealkylation sites (tertiary alicyclic amines) is 1. The van der Waals surface area contributed by atoms with Crippen molar-refractivity contribution < 1.29 is 19.1 Å². The summed E-state index contributed by atoms with van der Waals surface area (Å²) in [6.07, 6.45) is 1.86. The van der Waals surface area contributed by atoms with E-state index in [0.717, 1.165) is 17.7 Å². The van der Waals surface area contributed by atoms with Gasteiger partial charge in [0.1, 0.15) is 17.8 Å². The molecule has 4 amide bonds. The number of nitrogens with one attached hydrogen (secondary N) is 1. The zero-order valence-electron chi connectivity index (χ0n) is 16.6. The molecule has 152 valence electrons. The number of urea groups is 1. The summed E-state index contributed by atoms with van der Waals surface area (Å²) in [5.41, 5.74) is 5.41. The number of ether oxygens (including phenoxy) is 1. The van der Waals surface area contributed by atoms with Gasteiger partial charge in [-0.15, -0.1) is 0 Å². The second-order valence-corrected chi connectivity index (χ2v) is 7.78. The Morgan fingerprint density at radius 1 is 1.36 bits per heavy atom. The van der Waals surface area contributed by atoms with Crippen LogP contribution in [0.25, 0.3) is 0 Å². The first-order valence-electron chi connectivity index (χ1n) is 9.58. The van der Waals surface area contributed by atoms with Gasteiger partial charge >= 0.3 is 6.03 Å². The number of benzene rings is 1. The standard InChI is InChI=1S/C20H28N4O4/c1-13(21)14-5-4-10-23(11-14)17(25)12-24-18(26)20(2,22-19(24)27)15-6-8-16(28-3)9-7-15/h6-9,13-14H,4-5,10-12,21H2,1-3H3,(H,22,27). The van der Waals surface area contributed by atoms with Crippen LogP contribution in [0, 0.1) is 5.92 Å². The van der Waals surface area contributed by atoms with Crippen molar-refractivity contribution >= 4 is 17.8 Å². The van der Waals surface area contributed by atoms with Gasteiger partial charge in [0.15, 0.2) is 0 Å². The molecule has 2 aliphatic rings. The molecular formula is C20H28N4O4. The van der Waals surface area contributed by atoms with Gasteiger partial charge < -0.3 is 20.7 Å². The van der Waals surface area contributed by atoms with E-state index in [-0.39, 0.29) is 24.4 Å². The predicted octanol–water partition coefficient (Wildman–Crippen LogP) is 1.05. The molecule has 0 aromatic heterocycles. The molecule has 3 N–H and O–H groups in total. The molecular weight excluding hydrogens is 360 g/mol. The first-order valence-corrected chi connectivity index (χ1v) is 9.58. The van der Waals surface area contributed by atoms with Gasteiger partial charge in [0, 0.05) is 19.1 Å². The third-order valence-corrected chi connectivity index (χ3v) is 5.79. The second kappa shape index (κ2) is 7.79. The first kappa shape index (κ1) is 20.1. The molecule has 2 aliphatic heterocycles. The van der Waals surface area contributed by atoms with Gasteiger partial charge in [0.05, 0.1) is 7.11 Å². The summed E-state index contributed by atoms with van der Waals surface area (Å²) in [5.74, 6) is 0.236. The van der Waals surface area contributed by atoms with Crippen LogP contribution in [0.1, 0.15) is 32.3 Å². The normalized spacial score (nSPS) is 26.2. The molecule has 0 spiro atoms. The van der Waals surface area contributed by atoms with Crippen LogP contribution in [0.3, 0.4) is 0 Å². The highest BCUT2D eigenvalue weighted by molar-refractivity contribution is 6.09. The topological polar surface area (TPSA) is 105 Å². The molecule has 28 heavy (non-hydrogen) atoms. The summed E-state index contributed by atoms with van der Waals surface area (Å²) in [6.45, 7) is 4.52. The summed E-state index contributed by atoms with van der Waals surface area (Å²) in [6, 6.07) is 6.38. The molecule has 2 fully saturated rings. The van der Waals surface area contributed by atoms with E-state index in [0.29, 0.717) is 24.4 Å². The van der Waals surface area contributed by atoms with Crippen LogP contribution in [0.2, 0.25) is 0 Å². The average Bonchev–Trinajstić information content (AvgIpc) is 2.92. The molecule has 0 radical (unpaired) electrons. The minimum absolute atomic E-state index is 0.00526. The fourth-order valence-electron chi connectivity index (χ4n) is 3.86. The van der Waals surface area contributed by atoms with E-state index in [9.17, 15) is 14.4 Å². The Bertz CT molecular complexity index is 764. The highest BCUT2D eigenvalue weighted by Gasteiger charge is 2.49. The Hall–Kier alpha value is -2.61. The molecule has 3 atom stereocenters. The van der Waals surface area contributed by atoms with Gasteiger partial charge in [-0.3, -0.25) is 14.5 Å². The summed E-state index contributed by atoms with van der Waals surface area (Å²) in [5, 5.41) is 2.73.